The minimum atomic E-state index is -0.141. The fraction of sp³-hybridized carbons (Fsp3) is 0.440. The lowest BCUT2D eigenvalue weighted by atomic mass is 9.54. The molecule has 6 heteroatoms. The van der Waals surface area contributed by atoms with Crippen molar-refractivity contribution in [2.24, 2.45) is 23.7 Å². The van der Waals surface area contributed by atoms with Gasteiger partial charge in [-0.15, -0.1) is 0 Å². The van der Waals surface area contributed by atoms with Crippen molar-refractivity contribution >= 4 is 40.3 Å². The Morgan fingerprint density at radius 2 is 1.77 bits per heavy atom. The van der Waals surface area contributed by atoms with Crippen LogP contribution in [0.15, 0.2) is 45.7 Å². The van der Waals surface area contributed by atoms with Crippen molar-refractivity contribution in [2.45, 2.75) is 44.8 Å². The second-order valence-corrected chi connectivity index (χ2v) is 11.2. The van der Waals surface area contributed by atoms with E-state index in [9.17, 15) is 9.90 Å². The fourth-order valence-electron chi connectivity index (χ4n) is 6.61. The van der Waals surface area contributed by atoms with E-state index in [0.29, 0.717) is 38.1 Å². The number of aliphatic hydroxyl groups is 1. The number of furan rings is 1. The van der Waals surface area contributed by atoms with Crippen molar-refractivity contribution in [2.75, 3.05) is 0 Å². The monoisotopic (exact) mass is 451 g/mol. The molecule has 1 saturated heterocycles. The highest BCUT2D eigenvalue weighted by Crippen LogP contribution is 2.56. The van der Waals surface area contributed by atoms with Crippen LogP contribution in [0.4, 0.5) is 0 Å². The lowest BCUT2D eigenvalue weighted by Crippen LogP contribution is -2.57. The van der Waals surface area contributed by atoms with E-state index in [1.807, 2.05) is 41.3 Å². The molecule has 2 heterocycles. The maximum Gasteiger partial charge on any atom is 0.266 e. The van der Waals surface area contributed by atoms with E-state index in [2.05, 4.69) is 0 Å². The van der Waals surface area contributed by atoms with E-state index in [1.165, 1.54) is 43.9 Å². The van der Waals surface area contributed by atoms with Gasteiger partial charge >= 0.3 is 0 Å². The molecule has 1 amide bonds. The highest BCUT2D eigenvalue weighted by Gasteiger charge is 2.53. The quantitative estimate of drug-likeness (QED) is 0.494. The minimum absolute atomic E-state index is 0.00836. The number of benzene rings is 1. The van der Waals surface area contributed by atoms with E-state index in [1.54, 1.807) is 6.08 Å². The third-order valence-corrected chi connectivity index (χ3v) is 8.96. The molecule has 4 aliphatic carbocycles. The standard InChI is InChI=1S/C25H25NO3S2/c27-13-19-11-20(16-4-2-1-3-5-16)29-21(19)12-22-24(28)26(25(30)31-22)23-17-7-14-6-15(9-17)10-18(23)8-14/h1-5,11-12,14-15,17-18,23,27H,6-10,13H2/b22-12+. The van der Waals surface area contributed by atoms with Crippen LogP contribution >= 0.6 is 24.0 Å². The normalized spacial score (nSPS) is 33.1. The first kappa shape index (κ1) is 19.8. The molecule has 1 N–H and O–H groups in total. The maximum absolute atomic E-state index is 13.5. The molecule has 5 aliphatic rings. The average Bonchev–Trinajstić information content (AvgIpc) is 3.29. The predicted molar refractivity (Wildman–Crippen MR) is 126 cm³/mol. The Balaban J connectivity index is 1.30. The van der Waals surface area contributed by atoms with Crippen LogP contribution in [-0.2, 0) is 11.4 Å². The van der Waals surface area contributed by atoms with Gasteiger partial charge in [-0.25, -0.2) is 0 Å². The second-order valence-electron chi connectivity index (χ2n) is 9.50. The zero-order chi connectivity index (χ0) is 21.1. The van der Waals surface area contributed by atoms with Crippen molar-refractivity contribution in [3.8, 4) is 11.3 Å². The lowest BCUT2D eigenvalue weighted by Gasteiger charge is -2.56. The van der Waals surface area contributed by atoms with Gasteiger partial charge in [-0.05, 0) is 61.8 Å². The van der Waals surface area contributed by atoms with Crippen LogP contribution in [0, 0.1) is 23.7 Å². The molecule has 0 radical (unpaired) electrons. The molecule has 4 nitrogen and oxygen atoms in total. The number of amides is 1. The number of aliphatic hydroxyl groups excluding tert-OH is 1. The largest absolute Gasteiger partial charge is 0.456 e. The molecule has 1 aliphatic heterocycles. The first-order valence-electron chi connectivity index (χ1n) is 11.2. The summed E-state index contributed by atoms with van der Waals surface area (Å²) in [6.45, 7) is -0.141. The van der Waals surface area contributed by atoms with E-state index < -0.39 is 0 Å². The van der Waals surface area contributed by atoms with Gasteiger partial charge in [-0.2, -0.15) is 0 Å². The Bertz CT molecular complexity index is 1050. The Morgan fingerprint density at radius 1 is 1.10 bits per heavy atom. The SMILES string of the molecule is O=C1/C(=C\c2oc(-c3ccccc3)cc2CO)SC(=S)N1C1C2CC3CC(C2)CC1C3. The fourth-order valence-corrected chi connectivity index (χ4v) is 7.92. The highest BCUT2D eigenvalue weighted by molar-refractivity contribution is 8.26. The molecular formula is C25H25NO3S2. The number of hydrogen-bond acceptors (Lipinski definition) is 5. The van der Waals surface area contributed by atoms with Gasteiger partial charge < -0.3 is 9.52 Å². The number of thioether (sulfide) groups is 1. The molecule has 2 aromatic rings. The van der Waals surface area contributed by atoms with E-state index in [-0.39, 0.29) is 18.6 Å². The molecule has 4 saturated carbocycles. The van der Waals surface area contributed by atoms with Crippen molar-refractivity contribution in [1.29, 1.82) is 0 Å². The summed E-state index contributed by atoms with van der Waals surface area (Å²) >= 11 is 7.07. The van der Waals surface area contributed by atoms with Crippen molar-refractivity contribution < 1.29 is 14.3 Å². The number of thiocarbonyl (C=S) groups is 1. The third-order valence-electron chi connectivity index (χ3n) is 7.63. The second kappa shape index (κ2) is 7.61. The van der Waals surface area contributed by atoms with Gasteiger partial charge in [0.2, 0.25) is 0 Å². The van der Waals surface area contributed by atoms with Gasteiger partial charge in [0.15, 0.2) is 0 Å². The summed E-state index contributed by atoms with van der Waals surface area (Å²) in [6.07, 6.45) is 8.17. The van der Waals surface area contributed by atoms with Crippen LogP contribution in [0.1, 0.15) is 43.4 Å². The molecule has 0 unspecified atom stereocenters. The average molecular weight is 452 g/mol. The summed E-state index contributed by atoms with van der Waals surface area (Å²) in [4.78, 5) is 16.0. The topological polar surface area (TPSA) is 53.7 Å². The number of carbonyl (C=O) groups is 1. The molecule has 7 rings (SSSR count). The Morgan fingerprint density at radius 3 is 2.42 bits per heavy atom. The summed E-state index contributed by atoms with van der Waals surface area (Å²) in [6, 6.07) is 11.9. The summed E-state index contributed by atoms with van der Waals surface area (Å²) in [5, 5.41) is 9.85. The summed E-state index contributed by atoms with van der Waals surface area (Å²) in [5.74, 6) is 4.14. The molecule has 0 atom stereocenters. The van der Waals surface area contributed by atoms with Crippen LogP contribution in [0.2, 0.25) is 0 Å². The van der Waals surface area contributed by atoms with Gasteiger partial charge in [0.25, 0.3) is 5.91 Å². The molecule has 1 aromatic carbocycles. The van der Waals surface area contributed by atoms with Crippen molar-refractivity contribution in [3.63, 3.8) is 0 Å². The van der Waals surface area contributed by atoms with E-state index >= 15 is 0 Å². The first-order chi connectivity index (χ1) is 15.1. The Labute approximate surface area is 191 Å². The van der Waals surface area contributed by atoms with Crippen molar-refractivity contribution in [3.05, 3.63) is 52.6 Å². The summed E-state index contributed by atoms with van der Waals surface area (Å²) in [5.41, 5.74) is 1.62. The van der Waals surface area contributed by atoms with Crippen LogP contribution in [0.25, 0.3) is 17.4 Å². The number of carbonyl (C=O) groups excluding carboxylic acids is 1. The van der Waals surface area contributed by atoms with Gasteiger partial charge in [-0.1, -0.05) is 54.3 Å². The highest BCUT2D eigenvalue weighted by atomic mass is 32.2. The lowest BCUT2D eigenvalue weighted by molar-refractivity contribution is -0.130. The van der Waals surface area contributed by atoms with Gasteiger partial charge in [0.1, 0.15) is 15.8 Å². The van der Waals surface area contributed by atoms with Gasteiger partial charge in [0, 0.05) is 23.2 Å². The van der Waals surface area contributed by atoms with Crippen LogP contribution in [0.5, 0.6) is 0 Å². The number of rotatable bonds is 4. The molecule has 31 heavy (non-hydrogen) atoms. The number of hydrogen-bond donors (Lipinski definition) is 1. The molecule has 0 spiro atoms. The third kappa shape index (κ3) is 3.31. The van der Waals surface area contributed by atoms with Gasteiger partial charge in [0.05, 0.1) is 11.5 Å². The predicted octanol–water partition coefficient (Wildman–Crippen LogP) is 5.46. The smallest absolute Gasteiger partial charge is 0.266 e. The molecular weight excluding hydrogens is 426 g/mol. The zero-order valence-corrected chi connectivity index (χ0v) is 18.8. The van der Waals surface area contributed by atoms with Gasteiger partial charge in [-0.3, -0.25) is 9.69 Å². The van der Waals surface area contributed by atoms with Crippen LogP contribution in [-0.4, -0.2) is 26.3 Å². The Kier molecular flexibility index (Phi) is 4.85. The molecule has 160 valence electrons. The Hall–Kier alpha value is -1.89. The summed E-state index contributed by atoms with van der Waals surface area (Å²) < 4.78 is 6.72. The molecule has 4 bridgehead atoms. The van der Waals surface area contributed by atoms with Crippen LogP contribution < -0.4 is 0 Å². The number of nitrogens with zero attached hydrogens (tertiary/aromatic N) is 1. The molecule has 5 fully saturated rings. The van der Waals surface area contributed by atoms with E-state index in [4.69, 9.17) is 16.6 Å². The summed E-state index contributed by atoms with van der Waals surface area (Å²) in [7, 11) is 0. The zero-order valence-electron chi connectivity index (χ0n) is 17.2. The van der Waals surface area contributed by atoms with Crippen molar-refractivity contribution in [1.82, 2.24) is 4.90 Å². The minimum Gasteiger partial charge on any atom is -0.456 e. The van der Waals surface area contributed by atoms with Crippen LogP contribution in [0.3, 0.4) is 0 Å². The molecule has 1 aromatic heterocycles. The van der Waals surface area contributed by atoms with E-state index in [0.717, 1.165) is 17.4 Å². The maximum atomic E-state index is 13.5. The first-order valence-corrected chi connectivity index (χ1v) is 12.4.